The van der Waals surface area contributed by atoms with E-state index in [1.165, 1.54) is 51.4 Å². The van der Waals surface area contributed by atoms with E-state index in [9.17, 15) is 0 Å². The molecule has 2 rings (SSSR count). The molecule has 0 aromatic carbocycles. The van der Waals surface area contributed by atoms with Gasteiger partial charge in [-0.3, -0.25) is 5.01 Å². The highest BCUT2D eigenvalue weighted by Crippen LogP contribution is 2.31. The molecule has 0 atom stereocenters. The van der Waals surface area contributed by atoms with E-state index in [1.54, 1.807) is 0 Å². The normalized spacial score (nSPS) is 23.2. The van der Waals surface area contributed by atoms with Gasteiger partial charge in [-0.1, -0.05) is 25.7 Å². The molecular formula is C11H22N4. The molecule has 0 aromatic heterocycles. The van der Waals surface area contributed by atoms with E-state index in [4.69, 9.17) is 11.5 Å². The Hall–Kier alpha value is -0.930. The number of hydrogen-bond donors (Lipinski definition) is 2. The number of guanidine groups is 1. The van der Waals surface area contributed by atoms with Crippen molar-refractivity contribution < 1.29 is 0 Å². The lowest BCUT2D eigenvalue weighted by molar-refractivity contribution is 0.143. The minimum absolute atomic E-state index is 0.216. The van der Waals surface area contributed by atoms with E-state index in [1.807, 2.05) is 0 Å². The molecule has 4 nitrogen and oxygen atoms in total. The summed E-state index contributed by atoms with van der Waals surface area (Å²) in [6.07, 6.45) is 10.3. The predicted octanol–water partition coefficient (Wildman–Crippen LogP) is 1.36. The van der Waals surface area contributed by atoms with Crippen LogP contribution in [0.5, 0.6) is 0 Å². The Balaban J connectivity index is 2.03. The third-order valence-corrected chi connectivity index (χ3v) is 3.63. The molecular weight excluding hydrogens is 188 g/mol. The first kappa shape index (κ1) is 10.6. The van der Waals surface area contributed by atoms with Gasteiger partial charge >= 0.3 is 0 Å². The van der Waals surface area contributed by atoms with Gasteiger partial charge in [0.1, 0.15) is 0 Å². The summed E-state index contributed by atoms with van der Waals surface area (Å²) in [4.78, 5) is 0. The molecule has 0 spiro atoms. The van der Waals surface area contributed by atoms with Crippen LogP contribution in [0.3, 0.4) is 0 Å². The van der Waals surface area contributed by atoms with E-state index in [0.717, 1.165) is 0 Å². The maximum Gasteiger partial charge on any atom is 0.208 e. The standard InChI is InChI=1S/C11H22N4/c12-11(13)14-15(9-5-1-2-6-9)10-7-3-4-8-10/h9-10H,1-8H2,(H4,12,13,14). The molecule has 0 heterocycles. The Morgan fingerprint density at radius 1 is 0.867 bits per heavy atom. The Morgan fingerprint density at radius 2 is 1.27 bits per heavy atom. The molecule has 0 saturated heterocycles. The summed E-state index contributed by atoms with van der Waals surface area (Å²) in [5, 5.41) is 6.56. The molecule has 0 aromatic rings. The molecule has 0 bridgehead atoms. The summed E-state index contributed by atoms with van der Waals surface area (Å²) in [5.41, 5.74) is 11.0. The van der Waals surface area contributed by atoms with Gasteiger partial charge in [0, 0.05) is 12.1 Å². The van der Waals surface area contributed by atoms with Crippen LogP contribution >= 0.6 is 0 Å². The fourth-order valence-corrected chi connectivity index (χ4v) is 2.93. The van der Waals surface area contributed by atoms with Crippen LogP contribution < -0.4 is 11.5 Å². The molecule has 15 heavy (non-hydrogen) atoms. The molecule has 86 valence electrons. The minimum atomic E-state index is 0.216. The fourth-order valence-electron chi connectivity index (χ4n) is 2.93. The smallest absolute Gasteiger partial charge is 0.208 e. The Morgan fingerprint density at radius 3 is 1.60 bits per heavy atom. The monoisotopic (exact) mass is 210 g/mol. The van der Waals surface area contributed by atoms with E-state index in [0.29, 0.717) is 12.1 Å². The van der Waals surface area contributed by atoms with Crippen LogP contribution in [0.15, 0.2) is 5.10 Å². The second-order valence-corrected chi connectivity index (χ2v) is 4.78. The maximum absolute atomic E-state index is 5.51. The van der Waals surface area contributed by atoms with Gasteiger partial charge in [-0.15, -0.1) is 5.10 Å². The van der Waals surface area contributed by atoms with Gasteiger partial charge in [-0.25, -0.2) is 0 Å². The molecule has 2 fully saturated rings. The molecule has 2 aliphatic carbocycles. The molecule has 0 amide bonds. The first-order chi connectivity index (χ1) is 7.27. The van der Waals surface area contributed by atoms with Gasteiger partial charge in [-0.2, -0.15) is 0 Å². The number of rotatable bonds is 3. The van der Waals surface area contributed by atoms with Crippen molar-refractivity contribution in [2.75, 3.05) is 0 Å². The first-order valence-electron chi connectivity index (χ1n) is 6.15. The Bertz CT molecular complexity index is 207. The van der Waals surface area contributed by atoms with Crippen molar-refractivity contribution in [1.29, 1.82) is 0 Å². The van der Waals surface area contributed by atoms with Crippen molar-refractivity contribution in [3.63, 3.8) is 0 Å². The zero-order valence-corrected chi connectivity index (χ0v) is 9.36. The van der Waals surface area contributed by atoms with Gasteiger partial charge in [0.15, 0.2) is 0 Å². The van der Waals surface area contributed by atoms with Crippen molar-refractivity contribution in [1.82, 2.24) is 5.01 Å². The van der Waals surface area contributed by atoms with Gasteiger partial charge in [0.2, 0.25) is 5.96 Å². The molecule has 2 aliphatic rings. The lowest BCUT2D eigenvalue weighted by Crippen LogP contribution is -2.40. The summed E-state index contributed by atoms with van der Waals surface area (Å²) in [6.45, 7) is 0. The van der Waals surface area contributed by atoms with Crippen molar-refractivity contribution in [2.24, 2.45) is 16.6 Å². The lowest BCUT2D eigenvalue weighted by Gasteiger charge is -2.31. The van der Waals surface area contributed by atoms with Crippen LogP contribution in [-0.2, 0) is 0 Å². The molecule has 0 radical (unpaired) electrons. The molecule has 0 aliphatic heterocycles. The van der Waals surface area contributed by atoms with Crippen molar-refractivity contribution in [3.8, 4) is 0 Å². The zero-order valence-electron chi connectivity index (χ0n) is 9.36. The summed E-state index contributed by atoms with van der Waals surface area (Å²) < 4.78 is 0. The third kappa shape index (κ3) is 2.55. The second-order valence-electron chi connectivity index (χ2n) is 4.78. The Labute approximate surface area is 91.7 Å². The molecule has 2 saturated carbocycles. The van der Waals surface area contributed by atoms with Crippen LogP contribution in [0, 0.1) is 0 Å². The average molecular weight is 210 g/mol. The number of hydrazone groups is 1. The van der Waals surface area contributed by atoms with Crippen LogP contribution in [0.1, 0.15) is 51.4 Å². The highest BCUT2D eigenvalue weighted by molar-refractivity contribution is 5.75. The van der Waals surface area contributed by atoms with Crippen LogP contribution in [0.4, 0.5) is 0 Å². The quantitative estimate of drug-likeness (QED) is 0.420. The maximum atomic E-state index is 5.51. The van der Waals surface area contributed by atoms with Crippen LogP contribution in [-0.4, -0.2) is 23.1 Å². The molecule has 4 heteroatoms. The van der Waals surface area contributed by atoms with E-state index in [-0.39, 0.29) is 5.96 Å². The highest BCUT2D eigenvalue weighted by atomic mass is 15.5. The van der Waals surface area contributed by atoms with E-state index < -0.39 is 0 Å². The largest absolute Gasteiger partial charge is 0.369 e. The summed E-state index contributed by atoms with van der Waals surface area (Å²) in [6, 6.07) is 1.19. The van der Waals surface area contributed by atoms with Gasteiger partial charge in [0.25, 0.3) is 0 Å². The fraction of sp³-hybridized carbons (Fsp3) is 0.909. The zero-order chi connectivity index (χ0) is 10.7. The van der Waals surface area contributed by atoms with Gasteiger partial charge in [0.05, 0.1) is 0 Å². The average Bonchev–Trinajstić information content (AvgIpc) is 2.87. The Kier molecular flexibility index (Phi) is 3.34. The molecule has 4 N–H and O–H groups in total. The summed E-state index contributed by atoms with van der Waals surface area (Å²) >= 11 is 0. The molecule has 0 unspecified atom stereocenters. The summed E-state index contributed by atoms with van der Waals surface area (Å²) in [7, 11) is 0. The van der Waals surface area contributed by atoms with Crippen LogP contribution in [0.25, 0.3) is 0 Å². The van der Waals surface area contributed by atoms with Crippen LogP contribution in [0.2, 0.25) is 0 Å². The number of hydrogen-bond acceptors (Lipinski definition) is 2. The lowest BCUT2D eigenvalue weighted by atomic mass is 10.1. The highest BCUT2D eigenvalue weighted by Gasteiger charge is 2.29. The predicted molar refractivity (Wildman–Crippen MR) is 62.2 cm³/mol. The number of nitrogens with two attached hydrogens (primary N) is 2. The van der Waals surface area contributed by atoms with Gasteiger partial charge < -0.3 is 11.5 Å². The van der Waals surface area contributed by atoms with Crippen molar-refractivity contribution in [3.05, 3.63) is 0 Å². The van der Waals surface area contributed by atoms with Crippen molar-refractivity contribution >= 4 is 5.96 Å². The first-order valence-corrected chi connectivity index (χ1v) is 6.15. The van der Waals surface area contributed by atoms with Gasteiger partial charge in [-0.05, 0) is 25.7 Å². The van der Waals surface area contributed by atoms with Crippen molar-refractivity contribution in [2.45, 2.75) is 63.5 Å². The topological polar surface area (TPSA) is 67.6 Å². The second kappa shape index (κ2) is 4.73. The van der Waals surface area contributed by atoms with E-state index in [2.05, 4.69) is 10.1 Å². The number of nitrogens with zero attached hydrogens (tertiary/aromatic N) is 2. The third-order valence-electron chi connectivity index (χ3n) is 3.63. The SMILES string of the molecule is NC(N)=NN(C1CCCC1)C1CCCC1. The summed E-state index contributed by atoms with van der Waals surface area (Å²) in [5.74, 6) is 0.216. The minimum Gasteiger partial charge on any atom is -0.369 e. The van der Waals surface area contributed by atoms with E-state index >= 15 is 0 Å².